The second kappa shape index (κ2) is 8.01. The Morgan fingerprint density at radius 1 is 1.36 bits per heavy atom. The van der Waals surface area contributed by atoms with Gasteiger partial charge in [-0.15, -0.1) is 10.2 Å². The van der Waals surface area contributed by atoms with Gasteiger partial charge in [0.15, 0.2) is 9.35 Å². The molecule has 4 nitrogen and oxygen atoms in total. The molecule has 116 valence electrons. The van der Waals surface area contributed by atoms with Gasteiger partial charge in [-0.05, 0) is 12.1 Å². The second-order valence-corrected chi connectivity index (χ2v) is 6.96. The van der Waals surface area contributed by atoms with Crippen molar-refractivity contribution in [3.63, 3.8) is 0 Å². The molecular weight excluding hydrogens is 366 g/mol. The Labute approximate surface area is 145 Å². The first-order chi connectivity index (χ1) is 10.6. The van der Waals surface area contributed by atoms with Crippen LogP contribution in [-0.2, 0) is 5.75 Å². The van der Waals surface area contributed by atoms with Crippen molar-refractivity contribution < 1.29 is 4.39 Å². The molecule has 0 aliphatic rings. The summed E-state index contributed by atoms with van der Waals surface area (Å²) in [7, 11) is 3.33. The van der Waals surface area contributed by atoms with Gasteiger partial charge >= 0.3 is 0 Å². The molecular formula is C13H11Cl2FN4S2. The van der Waals surface area contributed by atoms with Gasteiger partial charge in [-0.3, -0.25) is 9.98 Å². The number of thioether (sulfide) groups is 1. The van der Waals surface area contributed by atoms with E-state index in [1.165, 1.54) is 35.2 Å². The zero-order chi connectivity index (χ0) is 16.1. The third-order valence-electron chi connectivity index (χ3n) is 2.60. The Balaban J connectivity index is 2.14. The second-order valence-electron chi connectivity index (χ2n) is 3.98. The van der Waals surface area contributed by atoms with Crippen molar-refractivity contribution in [1.29, 1.82) is 0 Å². The molecule has 0 unspecified atom stereocenters. The van der Waals surface area contributed by atoms with E-state index < -0.39 is 5.82 Å². The smallest absolute Gasteiger partial charge is 0.175 e. The van der Waals surface area contributed by atoms with Gasteiger partial charge in [0.2, 0.25) is 0 Å². The molecule has 2 aromatic rings. The van der Waals surface area contributed by atoms with E-state index in [9.17, 15) is 4.39 Å². The molecule has 0 saturated heterocycles. The Morgan fingerprint density at radius 3 is 2.82 bits per heavy atom. The summed E-state index contributed by atoms with van der Waals surface area (Å²) in [4.78, 5) is 8.01. The molecule has 0 spiro atoms. The summed E-state index contributed by atoms with van der Waals surface area (Å²) in [5.74, 6) is -0.0796. The first kappa shape index (κ1) is 17.3. The van der Waals surface area contributed by atoms with Crippen molar-refractivity contribution in [1.82, 2.24) is 10.2 Å². The summed E-state index contributed by atoms with van der Waals surface area (Å²) < 4.78 is 14.2. The standard InChI is InChI=1S/C13H11Cl2FN4S2/c1-17-5-10(18-2)12-19-20-13(22-12)21-6-7-8(14)3-4-9(16)11(7)15/h3-5H,6H2,1-2H3. The summed E-state index contributed by atoms with van der Waals surface area (Å²) in [6, 6.07) is 2.74. The first-order valence-corrected chi connectivity index (χ1v) is 8.60. The summed E-state index contributed by atoms with van der Waals surface area (Å²) >= 11 is 14.8. The maximum Gasteiger partial charge on any atom is 0.175 e. The van der Waals surface area contributed by atoms with E-state index in [1.54, 1.807) is 20.3 Å². The fraction of sp³-hybridized carbons (Fsp3) is 0.231. The van der Waals surface area contributed by atoms with E-state index in [2.05, 4.69) is 20.2 Å². The fourth-order valence-corrected chi connectivity index (χ4v) is 4.09. The summed E-state index contributed by atoms with van der Waals surface area (Å²) in [5, 5.41) is 9.28. The lowest BCUT2D eigenvalue weighted by Gasteiger charge is -2.05. The van der Waals surface area contributed by atoms with Crippen molar-refractivity contribution in [3.8, 4) is 0 Å². The Hall–Kier alpha value is -1.02. The number of hydrogen-bond donors (Lipinski definition) is 0. The summed E-state index contributed by atoms with van der Waals surface area (Å²) in [5.41, 5.74) is 1.21. The molecule has 9 heteroatoms. The van der Waals surface area contributed by atoms with Crippen molar-refractivity contribution >= 4 is 58.2 Å². The molecule has 0 bridgehead atoms. The van der Waals surface area contributed by atoms with E-state index in [4.69, 9.17) is 23.2 Å². The molecule has 1 heterocycles. The third-order valence-corrected chi connectivity index (χ3v) is 5.47. The maximum absolute atomic E-state index is 13.5. The normalized spacial score (nSPS) is 12.3. The predicted molar refractivity (Wildman–Crippen MR) is 92.8 cm³/mol. The zero-order valence-electron chi connectivity index (χ0n) is 11.7. The van der Waals surface area contributed by atoms with Crippen LogP contribution in [0.2, 0.25) is 10.0 Å². The number of rotatable bonds is 5. The average molecular weight is 377 g/mol. The van der Waals surface area contributed by atoms with Crippen LogP contribution < -0.4 is 0 Å². The lowest BCUT2D eigenvalue weighted by atomic mass is 10.2. The summed E-state index contributed by atoms with van der Waals surface area (Å²) in [6.45, 7) is 0. The van der Waals surface area contributed by atoms with Gasteiger partial charge in [-0.25, -0.2) is 4.39 Å². The molecule has 0 aliphatic heterocycles. The molecule has 1 aromatic heterocycles. The fourth-order valence-electron chi connectivity index (χ4n) is 1.54. The van der Waals surface area contributed by atoms with E-state index in [-0.39, 0.29) is 5.02 Å². The zero-order valence-corrected chi connectivity index (χ0v) is 14.8. The van der Waals surface area contributed by atoms with Crippen LogP contribution in [0.3, 0.4) is 0 Å². The van der Waals surface area contributed by atoms with E-state index >= 15 is 0 Å². The first-order valence-electron chi connectivity index (χ1n) is 6.04. The van der Waals surface area contributed by atoms with Gasteiger partial charge in [-0.1, -0.05) is 46.3 Å². The van der Waals surface area contributed by atoms with Gasteiger partial charge in [-0.2, -0.15) is 0 Å². The maximum atomic E-state index is 13.5. The predicted octanol–water partition coefficient (Wildman–Crippen LogP) is 4.40. The molecule has 0 saturated carbocycles. The number of aromatic nitrogens is 2. The molecule has 0 amide bonds. The van der Waals surface area contributed by atoms with Crippen LogP contribution in [0.5, 0.6) is 0 Å². The van der Waals surface area contributed by atoms with Gasteiger partial charge in [0.25, 0.3) is 0 Å². The van der Waals surface area contributed by atoms with E-state index in [0.717, 1.165) is 4.34 Å². The van der Waals surface area contributed by atoms with Gasteiger partial charge in [0.05, 0.1) is 5.02 Å². The Bertz CT molecular complexity index is 731. The SMILES string of the molecule is CN=CC(=NC)c1nnc(SCc2c(Cl)ccc(F)c2Cl)s1. The van der Waals surface area contributed by atoms with Crippen molar-refractivity contribution in [2.24, 2.45) is 9.98 Å². The largest absolute Gasteiger partial charge is 0.294 e. The quantitative estimate of drug-likeness (QED) is 0.441. The molecule has 1 aromatic carbocycles. The number of hydrogen-bond acceptors (Lipinski definition) is 6. The number of halogens is 3. The van der Waals surface area contributed by atoms with Gasteiger partial charge in [0, 0.05) is 36.6 Å². The lowest BCUT2D eigenvalue weighted by molar-refractivity contribution is 0.627. The van der Waals surface area contributed by atoms with Crippen LogP contribution in [0.1, 0.15) is 10.6 Å². The van der Waals surface area contributed by atoms with Crippen LogP contribution in [0, 0.1) is 5.82 Å². The molecule has 2 rings (SSSR count). The van der Waals surface area contributed by atoms with E-state index in [1.807, 2.05) is 0 Å². The topological polar surface area (TPSA) is 50.5 Å². The molecule has 0 N–H and O–H groups in total. The molecule has 0 fully saturated rings. The minimum atomic E-state index is -0.487. The van der Waals surface area contributed by atoms with Crippen molar-refractivity contribution in [2.45, 2.75) is 10.1 Å². The minimum Gasteiger partial charge on any atom is -0.294 e. The van der Waals surface area contributed by atoms with Crippen molar-refractivity contribution in [2.75, 3.05) is 14.1 Å². The highest BCUT2D eigenvalue weighted by molar-refractivity contribution is 8.00. The van der Waals surface area contributed by atoms with Crippen LogP contribution in [-0.4, -0.2) is 36.2 Å². The highest BCUT2D eigenvalue weighted by Crippen LogP contribution is 2.34. The third kappa shape index (κ3) is 4.04. The molecule has 22 heavy (non-hydrogen) atoms. The van der Waals surface area contributed by atoms with Crippen LogP contribution in [0.15, 0.2) is 26.5 Å². The van der Waals surface area contributed by atoms with Crippen molar-refractivity contribution in [3.05, 3.63) is 38.6 Å². The van der Waals surface area contributed by atoms with Gasteiger partial charge in [0.1, 0.15) is 11.5 Å². The highest BCUT2D eigenvalue weighted by atomic mass is 35.5. The molecule has 0 radical (unpaired) electrons. The monoisotopic (exact) mass is 376 g/mol. The van der Waals surface area contributed by atoms with E-state index in [0.29, 0.717) is 27.1 Å². The number of nitrogens with zero attached hydrogens (tertiary/aromatic N) is 4. The van der Waals surface area contributed by atoms with Gasteiger partial charge < -0.3 is 0 Å². The van der Waals surface area contributed by atoms with Crippen LogP contribution in [0.4, 0.5) is 4.39 Å². The molecule has 0 atom stereocenters. The lowest BCUT2D eigenvalue weighted by Crippen LogP contribution is -2.01. The highest BCUT2D eigenvalue weighted by Gasteiger charge is 2.14. The van der Waals surface area contributed by atoms with Crippen LogP contribution in [0.25, 0.3) is 0 Å². The number of aliphatic imine (C=N–C) groups is 2. The summed E-state index contributed by atoms with van der Waals surface area (Å²) in [6.07, 6.45) is 1.62. The Morgan fingerprint density at radius 2 is 2.14 bits per heavy atom. The number of benzene rings is 1. The Kier molecular flexibility index (Phi) is 6.31. The van der Waals surface area contributed by atoms with Crippen LogP contribution >= 0.6 is 46.3 Å². The molecule has 0 aliphatic carbocycles. The minimum absolute atomic E-state index is 0.0404. The average Bonchev–Trinajstić information content (AvgIpc) is 2.97.